The fourth-order valence-corrected chi connectivity index (χ4v) is 2.58. The Morgan fingerprint density at radius 2 is 2.00 bits per heavy atom. The van der Waals surface area contributed by atoms with Crippen LogP contribution in [0, 0.1) is 13.0 Å². The molecule has 0 radical (unpaired) electrons. The summed E-state index contributed by atoms with van der Waals surface area (Å²) in [4.78, 5) is 10.4. The lowest BCUT2D eigenvalue weighted by atomic mass is 10.1. The Labute approximate surface area is 102 Å². The lowest BCUT2D eigenvalue weighted by Gasteiger charge is -2.02. The Balaban J connectivity index is 3.08. The van der Waals surface area contributed by atoms with Gasteiger partial charge in [-0.3, -0.25) is 4.79 Å². The van der Waals surface area contributed by atoms with Crippen molar-refractivity contribution in [1.82, 2.24) is 0 Å². The van der Waals surface area contributed by atoms with Crippen LogP contribution in [0.5, 0.6) is 0 Å². The largest absolute Gasteiger partial charge is 0.481 e. The molecule has 0 aliphatic rings. The third kappa shape index (κ3) is 3.04. The van der Waals surface area contributed by atoms with E-state index in [1.54, 1.807) is 6.07 Å². The molecule has 0 amide bonds. The Bertz CT molecular complexity index is 352. The minimum Gasteiger partial charge on any atom is -0.481 e. The Morgan fingerprint density at radius 1 is 1.38 bits per heavy atom. The molecule has 70 valence electrons. The fraction of sp³-hybridized carbons (Fsp3) is 0.125. The molecule has 0 unspecified atom stereocenters. The van der Waals surface area contributed by atoms with Crippen molar-refractivity contribution < 1.29 is 14.3 Å². The number of carboxylic acid groups (broad SMARTS) is 1. The first-order valence-corrected chi connectivity index (χ1v) is 5.51. The number of carbonyl (C=O) groups is 1. The van der Waals surface area contributed by atoms with Crippen LogP contribution in [0.3, 0.4) is 0 Å². The highest BCUT2D eigenvalue weighted by Crippen LogP contribution is 2.19. The predicted octanol–water partition coefficient (Wildman–Crippen LogP) is 2.66. The van der Waals surface area contributed by atoms with E-state index in [0.717, 1.165) is 3.57 Å². The molecule has 0 atom stereocenters. The van der Waals surface area contributed by atoms with Crippen molar-refractivity contribution in [2.24, 2.45) is 0 Å². The lowest BCUT2D eigenvalue weighted by Crippen LogP contribution is -2.03. The second-order valence-electron chi connectivity index (χ2n) is 2.43. The van der Waals surface area contributed by atoms with Crippen molar-refractivity contribution in [2.45, 2.75) is 6.42 Å². The van der Waals surface area contributed by atoms with E-state index in [9.17, 15) is 9.18 Å². The van der Waals surface area contributed by atoms with Gasteiger partial charge in [0.1, 0.15) is 5.82 Å². The molecule has 0 heterocycles. The van der Waals surface area contributed by atoms with Crippen molar-refractivity contribution in [3.05, 3.63) is 30.7 Å². The first-order valence-electron chi connectivity index (χ1n) is 3.36. The highest BCUT2D eigenvalue weighted by molar-refractivity contribution is 14.1. The third-order valence-corrected chi connectivity index (χ3v) is 3.26. The molecule has 0 aliphatic heterocycles. The third-order valence-electron chi connectivity index (χ3n) is 1.43. The van der Waals surface area contributed by atoms with Crippen LogP contribution < -0.4 is 0 Å². The Hall–Kier alpha value is 0.0800. The molecule has 0 bridgehead atoms. The van der Waals surface area contributed by atoms with E-state index >= 15 is 0 Å². The summed E-state index contributed by atoms with van der Waals surface area (Å²) in [5.41, 5.74) is 0.519. The van der Waals surface area contributed by atoms with Gasteiger partial charge < -0.3 is 5.11 Å². The molecule has 0 fully saturated rings. The summed E-state index contributed by atoms with van der Waals surface area (Å²) in [5, 5.41) is 8.52. The molecule has 0 saturated carbocycles. The number of carboxylic acids is 1. The van der Waals surface area contributed by atoms with E-state index in [1.165, 1.54) is 6.07 Å². The van der Waals surface area contributed by atoms with Crippen molar-refractivity contribution in [3.63, 3.8) is 0 Å². The first kappa shape index (κ1) is 11.2. The van der Waals surface area contributed by atoms with Gasteiger partial charge in [-0.15, -0.1) is 0 Å². The molecular weight excluding hydrogens is 401 g/mol. The highest BCUT2D eigenvalue weighted by atomic mass is 127. The number of benzene rings is 1. The normalized spacial score (nSPS) is 10.1. The van der Waals surface area contributed by atoms with Gasteiger partial charge in [0.25, 0.3) is 0 Å². The average molecular weight is 406 g/mol. The standard InChI is InChI=1S/C8H5FI2O2/c9-5-1-4(2-8(12)13)6(10)3-7(5)11/h1,3H,2H2,(H,12,13). The van der Waals surface area contributed by atoms with Gasteiger partial charge in [0.05, 0.1) is 6.42 Å². The number of rotatable bonds is 2. The van der Waals surface area contributed by atoms with Crippen LogP contribution in [0.4, 0.5) is 4.39 Å². The van der Waals surface area contributed by atoms with Crippen LogP contribution in [-0.2, 0) is 11.2 Å². The second kappa shape index (κ2) is 4.54. The zero-order chi connectivity index (χ0) is 10.0. The summed E-state index contributed by atoms with van der Waals surface area (Å²) < 4.78 is 14.3. The summed E-state index contributed by atoms with van der Waals surface area (Å²) in [7, 11) is 0. The molecule has 0 spiro atoms. The van der Waals surface area contributed by atoms with Gasteiger partial charge in [-0.25, -0.2) is 4.39 Å². The van der Waals surface area contributed by atoms with Crippen molar-refractivity contribution in [2.75, 3.05) is 0 Å². The van der Waals surface area contributed by atoms with Crippen LogP contribution in [0.1, 0.15) is 5.56 Å². The van der Waals surface area contributed by atoms with Gasteiger partial charge in [0.2, 0.25) is 0 Å². The average Bonchev–Trinajstić information content (AvgIpc) is 1.99. The molecule has 0 aliphatic carbocycles. The fourth-order valence-electron chi connectivity index (χ4n) is 0.862. The van der Waals surface area contributed by atoms with E-state index in [0.29, 0.717) is 9.13 Å². The highest BCUT2D eigenvalue weighted by Gasteiger charge is 2.08. The second-order valence-corrected chi connectivity index (χ2v) is 4.75. The molecule has 1 N–H and O–H groups in total. The molecular formula is C8H5FI2O2. The number of halogens is 3. The van der Waals surface area contributed by atoms with Gasteiger partial charge in [-0.05, 0) is 62.9 Å². The first-order chi connectivity index (χ1) is 6.00. The summed E-state index contributed by atoms with van der Waals surface area (Å²) in [6.45, 7) is 0. The van der Waals surface area contributed by atoms with Crippen molar-refractivity contribution >= 4 is 51.2 Å². The molecule has 5 heteroatoms. The minimum absolute atomic E-state index is 0.133. The SMILES string of the molecule is O=C(O)Cc1cc(F)c(I)cc1I. The molecule has 13 heavy (non-hydrogen) atoms. The summed E-state index contributed by atoms with van der Waals surface area (Å²) >= 11 is 3.87. The Kier molecular flexibility index (Phi) is 3.89. The molecule has 0 aromatic heterocycles. The van der Waals surface area contributed by atoms with E-state index in [1.807, 2.05) is 45.2 Å². The minimum atomic E-state index is -0.946. The summed E-state index contributed by atoms with van der Waals surface area (Å²) in [6.07, 6.45) is -0.133. The van der Waals surface area contributed by atoms with Crippen LogP contribution in [0.15, 0.2) is 12.1 Å². The van der Waals surface area contributed by atoms with Crippen LogP contribution >= 0.6 is 45.2 Å². The molecule has 1 rings (SSSR count). The summed E-state index contributed by atoms with van der Waals surface area (Å²) in [5.74, 6) is -1.31. The maximum atomic E-state index is 13.0. The Morgan fingerprint density at radius 3 is 2.54 bits per heavy atom. The predicted molar refractivity (Wildman–Crippen MR) is 63.2 cm³/mol. The molecule has 1 aromatic rings. The zero-order valence-corrected chi connectivity index (χ0v) is 10.7. The summed E-state index contributed by atoms with van der Waals surface area (Å²) in [6, 6.07) is 2.91. The van der Waals surface area contributed by atoms with Gasteiger partial charge in [0, 0.05) is 7.14 Å². The van der Waals surface area contributed by atoms with E-state index < -0.39 is 5.97 Å². The maximum Gasteiger partial charge on any atom is 0.307 e. The van der Waals surface area contributed by atoms with Crippen LogP contribution in [0.25, 0.3) is 0 Å². The van der Waals surface area contributed by atoms with Gasteiger partial charge in [-0.2, -0.15) is 0 Å². The number of aliphatic carboxylic acids is 1. The number of hydrogen-bond acceptors (Lipinski definition) is 1. The van der Waals surface area contributed by atoms with Crippen molar-refractivity contribution in [1.29, 1.82) is 0 Å². The maximum absolute atomic E-state index is 13.0. The molecule has 1 aromatic carbocycles. The quantitative estimate of drug-likeness (QED) is 0.606. The zero-order valence-electron chi connectivity index (χ0n) is 6.35. The van der Waals surface area contributed by atoms with Gasteiger partial charge in [0.15, 0.2) is 0 Å². The van der Waals surface area contributed by atoms with Gasteiger partial charge in [-0.1, -0.05) is 0 Å². The van der Waals surface area contributed by atoms with E-state index in [2.05, 4.69) is 0 Å². The van der Waals surface area contributed by atoms with Crippen LogP contribution in [-0.4, -0.2) is 11.1 Å². The van der Waals surface area contributed by atoms with E-state index in [-0.39, 0.29) is 12.2 Å². The van der Waals surface area contributed by atoms with E-state index in [4.69, 9.17) is 5.11 Å². The van der Waals surface area contributed by atoms with Crippen molar-refractivity contribution in [3.8, 4) is 0 Å². The molecule has 0 saturated heterocycles. The number of hydrogen-bond donors (Lipinski definition) is 1. The van der Waals surface area contributed by atoms with Crippen LogP contribution in [0.2, 0.25) is 0 Å². The molecule has 2 nitrogen and oxygen atoms in total. The topological polar surface area (TPSA) is 37.3 Å². The monoisotopic (exact) mass is 406 g/mol. The van der Waals surface area contributed by atoms with Gasteiger partial charge >= 0.3 is 5.97 Å². The lowest BCUT2D eigenvalue weighted by molar-refractivity contribution is -0.136. The smallest absolute Gasteiger partial charge is 0.307 e.